The topological polar surface area (TPSA) is 20.2 Å². The lowest BCUT2D eigenvalue weighted by Gasteiger charge is -2.33. The molecule has 1 saturated carbocycles. The number of thiophene rings is 1. The average Bonchev–Trinajstić information content (AvgIpc) is 2.33. The van der Waals surface area contributed by atoms with E-state index in [9.17, 15) is 5.11 Å². The summed E-state index contributed by atoms with van der Waals surface area (Å²) in [5.74, 6) is 0.441. The normalized spacial score (nSPS) is 28.6. The molecule has 0 bridgehead atoms. The minimum Gasteiger partial charge on any atom is -0.392 e. The molecule has 66 valence electrons. The van der Waals surface area contributed by atoms with Gasteiger partial charge >= 0.3 is 0 Å². The maximum atomic E-state index is 9.53. The summed E-state index contributed by atoms with van der Waals surface area (Å²) in [6, 6.07) is 0. The van der Waals surface area contributed by atoms with Crippen molar-refractivity contribution in [3.05, 3.63) is 21.4 Å². The highest BCUT2D eigenvalue weighted by atomic mass is 32.1. The molecule has 1 aliphatic carbocycles. The van der Waals surface area contributed by atoms with Crippen LogP contribution in [0.2, 0.25) is 0 Å². The molecule has 2 heteroatoms. The van der Waals surface area contributed by atoms with Crippen molar-refractivity contribution < 1.29 is 5.11 Å². The third-order valence-electron chi connectivity index (χ3n) is 2.83. The molecule has 1 aromatic heterocycles. The Bertz CT molecular complexity index is 271. The molecule has 0 spiro atoms. The van der Waals surface area contributed by atoms with E-state index >= 15 is 0 Å². The van der Waals surface area contributed by atoms with E-state index in [1.54, 1.807) is 11.3 Å². The van der Waals surface area contributed by atoms with Crippen molar-refractivity contribution in [3.8, 4) is 0 Å². The van der Waals surface area contributed by atoms with Gasteiger partial charge in [-0.15, -0.1) is 11.3 Å². The van der Waals surface area contributed by atoms with Crippen LogP contribution in [0.3, 0.4) is 0 Å². The first kappa shape index (κ1) is 8.27. The lowest BCUT2D eigenvalue weighted by atomic mass is 9.76. The average molecular weight is 182 g/mol. The Morgan fingerprint density at radius 1 is 1.42 bits per heavy atom. The maximum absolute atomic E-state index is 9.53. The van der Waals surface area contributed by atoms with Crippen LogP contribution >= 0.6 is 11.3 Å². The Balaban J connectivity index is 2.32. The van der Waals surface area contributed by atoms with Crippen LogP contribution in [0.25, 0.3) is 0 Å². The van der Waals surface area contributed by atoms with Crippen molar-refractivity contribution in [2.75, 3.05) is 0 Å². The third kappa shape index (κ3) is 1.10. The summed E-state index contributed by atoms with van der Waals surface area (Å²) in [5, 5.41) is 11.7. The van der Waals surface area contributed by atoms with Gasteiger partial charge in [-0.05, 0) is 43.2 Å². The minimum atomic E-state index is -0.0722. The zero-order chi connectivity index (χ0) is 8.72. The van der Waals surface area contributed by atoms with E-state index in [0.717, 1.165) is 6.42 Å². The molecule has 0 saturated heterocycles. The van der Waals surface area contributed by atoms with Crippen LogP contribution in [0.1, 0.15) is 34.8 Å². The highest BCUT2D eigenvalue weighted by molar-refractivity contribution is 7.10. The minimum absolute atomic E-state index is 0.0722. The number of aliphatic hydroxyl groups is 1. The summed E-state index contributed by atoms with van der Waals surface area (Å²) in [4.78, 5) is 1.39. The van der Waals surface area contributed by atoms with Crippen molar-refractivity contribution in [1.29, 1.82) is 0 Å². The van der Waals surface area contributed by atoms with Gasteiger partial charge in [-0.3, -0.25) is 0 Å². The molecule has 1 aliphatic rings. The molecule has 1 heterocycles. The van der Waals surface area contributed by atoms with Crippen LogP contribution in [0.5, 0.6) is 0 Å². The lowest BCUT2D eigenvalue weighted by Crippen LogP contribution is -2.29. The van der Waals surface area contributed by atoms with E-state index in [2.05, 4.69) is 19.2 Å². The van der Waals surface area contributed by atoms with Crippen LogP contribution in [0.4, 0.5) is 0 Å². The molecule has 1 nitrogen and oxygen atoms in total. The Morgan fingerprint density at radius 2 is 2.17 bits per heavy atom. The Kier molecular flexibility index (Phi) is 1.97. The van der Waals surface area contributed by atoms with Gasteiger partial charge in [-0.1, -0.05) is 0 Å². The first-order valence-corrected chi connectivity index (χ1v) is 5.30. The smallest absolute Gasteiger partial charge is 0.0609 e. The summed E-state index contributed by atoms with van der Waals surface area (Å²) in [5.41, 5.74) is 2.78. The van der Waals surface area contributed by atoms with Gasteiger partial charge in [0.2, 0.25) is 0 Å². The number of hydrogen-bond acceptors (Lipinski definition) is 2. The molecule has 0 amide bonds. The molecule has 2 rings (SSSR count). The van der Waals surface area contributed by atoms with Gasteiger partial charge in [-0.2, -0.15) is 0 Å². The summed E-state index contributed by atoms with van der Waals surface area (Å²) in [7, 11) is 0. The van der Waals surface area contributed by atoms with E-state index < -0.39 is 0 Å². The van der Waals surface area contributed by atoms with Crippen molar-refractivity contribution in [1.82, 2.24) is 0 Å². The largest absolute Gasteiger partial charge is 0.392 e. The molecule has 1 N–H and O–H groups in total. The second-order valence-electron chi connectivity index (χ2n) is 3.64. The zero-order valence-electron chi connectivity index (χ0n) is 7.50. The van der Waals surface area contributed by atoms with Crippen molar-refractivity contribution in [2.24, 2.45) is 0 Å². The van der Waals surface area contributed by atoms with Gasteiger partial charge in [0.1, 0.15) is 0 Å². The standard InChI is InChI=1S/C10H14OS/c1-6-5-12-7(2)10(6)8-3-4-9(8)11/h5,8-9,11H,3-4H2,1-2H3. The third-order valence-corrected chi connectivity index (χ3v) is 3.87. The van der Waals surface area contributed by atoms with Crippen LogP contribution < -0.4 is 0 Å². The fourth-order valence-corrected chi connectivity index (χ4v) is 2.87. The zero-order valence-corrected chi connectivity index (χ0v) is 8.32. The molecule has 0 radical (unpaired) electrons. The Labute approximate surface area is 77.0 Å². The Hall–Kier alpha value is -0.340. The predicted molar refractivity (Wildman–Crippen MR) is 51.8 cm³/mol. The van der Waals surface area contributed by atoms with Gasteiger partial charge in [-0.25, -0.2) is 0 Å². The molecule has 0 aromatic carbocycles. The number of rotatable bonds is 1. The lowest BCUT2D eigenvalue weighted by molar-refractivity contribution is 0.0658. The number of hydrogen-bond donors (Lipinski definition) is 1. The van der Waals surface area contributed by atoms with Gasteiger partial charge in [0, 0.05) is 10.8 Å². The molecule has 0 aliphatic heterocycles. The van der Waals surface area contributed by atoms with E-state index in [0.29, 0.717) is 5.92 Å². The SMILES string of the molecule is Cc1csc(C)c1C1CCC1O. The molecule has 2 atom stereocenters. The second kappa shape index (κ2) is 2.86. The van der Waals surface area contributed by atoms with E-state index in [1.807, 2.05) is 0 Å². The summed E-state index contributed by atoms with van der Waals surface area (Å²) in [6.45, 7) is 4.29. The van der Waals surface area contributed by atoms with Gasteiger partial charge in [0.15, 0.2) is 0 Å². The fourth-order valence-electron chi connectivity index (χ4n) is 1.95. The van der Waals surface area contributed by atoms with Crippen LogP contribution in [0, 0.1) is 13.8 Å². The van der Waals surface area contributed by atoms with Crippen LogP contribution in [-0.2, 0) is 0 Å². The van der Waals surface area contributed by atoms with E-state index in [1.165, 1.54) is 22.4 Å². The highest BCUT2D eigenvalue weighted by Gasteiger charge is 2.32. The molecular weight excluding hydrogens is 168 g/mol. The predicted octanol–water partition coefficient (Wildman–Crippen LogP) is 2.60. The second-order valence-corrected chi connectivity index (χ2v) is 4.72. The van der Waals surface area contributed by atoms with Crippen molar-refractivity contribution in [2.45, 2.75) is 38.7 Å². The Morgan fingerprint density at radius 3 is 2.50 bits per heavy atom. The van der Waals surface area contributed by atoms with Crippen molar-refractivity contribution in [3.63, 3.8) is 0 Å². The van der Waals surface area contributed by atoms with Crippen LogP contribution in [-0.4, -0.2) is 11.2 Å². The van der Waals surface area contributed by atoms with Crippen molar-refractivity contribution >= 4 is 11.3 Å². The molecule has 12 heavy (non-hydrogen) atoms. The van der Waals surface area contributed by atoms with E-state index in [-0.39, 0.29) is 6.10 Å². The van der Waals surface area contributed by atoms with Gasteiger partial charge in [0.25, 0.3) is 0 Å². The summed E-state index contributed by atoms with van der Waals surface area (Å²) >= 11 is 1.80. The fraction of sp³-hybridized carbons (Fsp3) is 0.600. The summed E-state index contributed by atoms with van der Waals surface area (Å²) in [6.07, 6.45) is 2.08. The van der Waals surface area contributed by atoms with Gasteiger partial charge < -0.3 is 5.11 Å². The number of aliphatic hydroxyl groups excluding tert-OH is 1. The summed E-state index contributed by atoms with van der Waals surface area (Å²) < 4.78 is 0. The van der Waals surface area contributed by atoms with Crippen LogP contribution in [0.15, 0.2) is 5.38 Å². The maximum Gasteiger partial charge on any atom is 0.0609 e. The molecule has 1 fully saturated rings. The van der Waals surface area contributed by atoms with E-state index in [4.69, 9.17) is 0 Å². The quantitative estimate of drug-likeness (QED) is 0.708. The number of aryl methyl sites for hydroxylation is 2. The highest BCUT2D eigenvalue weighted by Crippen LogP contribution is 2.41. The molecular formula is C10H14OS. The monoisotopic (exact) mass is 182 g/mol. The van der Waals surface area contributed by atoms with Gasteiger partial charge in [0.05, 0.1) is 6.10 Å². The molecule has 1 aromatic rings. The molecule has 2 unspecified atom stereocenters. The first-order chi connectivity index (χ1) is 5.70. The first-order valence-electron chi connectivity index (χ1n) is 4.43.